The first-order valence-electron chi connectivity index (χ1n) is 8.46. The lowest BCUT2D eigenvalue weighted by atomic mass is 10.1. The van der Waals surface area contributed by atoms with Crippen molar-refractivity contribution in [2.45, 2.75) is 26.0 Å². The Morgan fingerprint density at radius 2 is 2.00 bits per heavy atom. The number of hydrogen-bond donors (Lipinski definition) is 2. The summed E-state index contributed by atoms with van der Waals surface area (Å²) in [5.74, 6) is -0.685. The lowest BCUT2D eigenvalue weighted by molar-refractivity contribution is -0.384. The van der Waals surface area contributed by atoms with Gasteiger partial charge in [-0.25, -0.2) is 4.79 Å². The van der Waals surface area contributed by atoms with Gasteiger partial charge in [0.2, 0.25) is 0 Å². The number of nitro benzene ring substituents is 1. The van der Waals surface area contributed by atoms with Gasteiger partial charge in [-0.15, -0.1) is 0 Å². The van der Waals surface area contributed by atoms with Gasteiger partial charge >= 0.3 is 5.97 Å². The number of amides is 1. The number of carboxylic acids is 1. The number of ether oxygens (including phenoxy) is 2. The van der Waals surface area contributed by atoms with Crippen LogP contribution in [-0.2, 0) is 13.0 Å². The number of methoxy groups -OCH3 is 1. The molecule has 0 fully saturated rings. The van der Waals surface area contributed by atoms with Crippen LogP contribution in [0.1, 0.15) is 38.8 Å². The van der Waals surface area contributed by atoms with Crippen LogP contribution in [0, 0.1) is 10.1 Å². The van der Waals surface area contributed by atoms with E-state index in [9.17, 15) is 19.7 Å². The molecule has 1 atom stereocenters. The first-order valence-corrected chi connectivity index (χ1v) is 8.46. The average molecular weight is 386 g/mol. The van der Waals surface area contributed by atoms with Gasteiger partial charge in [0.25, 0.3) is 11.6 Å². The summed E-state index contributed by atoms with van der Waals surface area (Å²) in [5, 5.41) is 22.7. The Balaban J connectivity index is 1.82. The van der Waals surface area contributed by atoms with Crippen LogP contribution in [0.5, 0.6) is 11.5 Å². The highest BCUT2D eigenvalue weighted by atomic mass is 16.6. The molecule has 9 heteroatoms. The number of benzene rings is 2. The molecule has 0 radical (unpaired) electrons. The Morgan fingerprint density at radius 3 is 2.64 bits per heavy atom. The number of fused-ring (bicyclic) bond motifs is 1. The van der Waals surface area contributed by atoms with E-state index in [-0.39, 0.29) is 23.8 Å². The fourth-order valence-corrected chi connectivity index (χ4v) is 3.06. The van der Waals surface area contributed by atoms with Gasteiger partial charge in [0.15, 0.2) is 0 Å². The van der Waals surface area contributed by atoms with Crippen LogP contribution in [0.4, 0.5) is 5.69 Å². The second kappa shape index (κ2) is 7.55. The fourth-order valence-electron chi connectivity index (χ4n) is 3.06. The zero-order valence-corrected chi connectivity index (χ0v) is 15.2. The van der Waals surface area contributed by atoms with Gasteiger partial charge < -0.3 is 19.9 Å². The number of nitrogens with zero attached hydrogens (tertiary/aromatic N) is 1. The summed E-state index contributed by atoms with van der Waals surface area (Å²) < 4.78 is 11.1. The van der Waals surface area contributed by atoms with Gasteiger partial charge in [-0.05, 0) is 25.1 Å². The van der Waals surface area contributed by atoms with Crippen molar-refractivity contribution in [1.82, 2.24) is 5.32 Å². The summed E-state index contributed by atoms with van der Waals surface area (Å²) >= 11 is 0. The fraction of sp³-hybridized carbons (Fsp3) is 0.263. The Morgan fingerprint density at radius 1 is 1.29 bits per heavy atom. The number of nitrogens with one attached hydrogen (secondary N) is 1. The highest BCUT2D eigenvalue weighted by molar-refractivity contribution is 5.98. The third-order valence-corrected chi connectivity index (χ3v) is 4.38. The molecule has 28 heavy (non-hydrogen) atoms. The SMILES string of the molecule is COc1cc2c(cc1CNC(=O)c1cc(C(=O)O)cc([N+](=O)[O-])c1)OC(C)C2. The standard InChI is InChI=1S/C19H18N2O7/c1-10-3-11-7-16(27-2)14(8-17(11)28-10)9-20-18(22)12-4-13(19(23)24)6-15(5-12)21(25)26/h4-8,10H,3,9H2,1-2H3,(H,20,22)(H,23,24). The minimum Gasteiger partial charge on any atom is -0.496 e. The summed E-state index contributed by atoms with van der Waals surface area (Å²) in [7, 11) is 1.52. The predicted molar refractivity (Wildman–Crippen MR) is 98.0 cm³/mol. The molecule has 0 aromatic heterocycles. The molecule has 1 heterocycles. The molecule has 1 aliphatic rings. The van der Waals surface area contributed by atoms with E-state index in [4.69, 9.17) is 14.6 Å². The van der Waals surface area contributed by atoms with E-state index in [1.165, 1.54) is 7.11 Å². The highest BCUT2D eigenvalue weighted by Gasteiger charge is 2.22. The van der Waals surface area contributed by atoms with Crippen LogP contribution in [-0.4, -0.2) is 35.1 Å². The second-order valence-electron chi connectivity index (χ2n) is 6.42. The van der Waals surface area contributed by atoms with E-state index in [1.54, 1.807) is 6.07 Å². The van der Waals surface area contributed by atoms with Crippen molar-refractivity contribution >= 4 is 17.6 Å². The van der Waals surface area contributed by atoms with Crippen molar-refractivity contribution in [1.29, 1.82) is 0 Å². The van der Waals surface area contributed by atoms with Gasteiger partial charge in [-0.1, -0.05) is 0 Å². The second-order valence-corrected chi connectivity index (χ2v) is 6.42. The summed E-state index contributed by atoms with van der Waals surface area (Å²) in [4.78, 5) is 33.9. The summed E-state index contributed by atoms with van der Waals surface area (Å²) in [5.41, 5.74) is 0.771. The molecule has 0 saturated heterocycles. The van der Waals surface area contributed by atoms with Gasteiger partial charge in [0.05, 0.1) is 17.6 Å². The number of carboxylic acid groups (broad SMARTS) is 1. The normalized spacial score (nSPS) is 14.7. The van der Waals surface area contributed by atoms with Crippen molar-refractivity contribution in [3.05, 3.63) is 62.7 Å². The molecule has 1 amide bonds. The third-order valence-electron chi connectivity index (χ3n) is 4.38. The van der Waals surface area contributed by atoms with E-state index < -0.39 is 22.5 Å². The highest BCUT2D eigenvalue weighted by Crippen LogP contribution is 2.35. The molecule has 2 aromatic carbocycles. The minimum atomic E-state index is -1.36. The van der Waals surface area contributed by atoms with E-state index in [1.807, 2.05) is 13.0 Å². The molecule has 2 aromatic rings. The molecule has 0 bridgehead atoms. The van der Waals surface area contributed by atoms with Crippen molar-refractivity contribution < 1.29 is 29.1 Å². The van der Waals surface area contributed by atoms with Crippen molar-refractivity contribution in [3.63, 3.8) is 0 Å². The Hall–Kier alpha value is -3.62. The average Bonchev–Trinajstić information content (AvgIpc) is 3.03. The first-order chi connectivity index (χ1) is 13.3. The molecule has 3 rings (SSSR count). The molecule has 1 aliphatic heterocycles. The number of aromatic carboxylic acids is 1. The maximum absolute atomic E-state index is 12.5. The molecule has 146 valence electrons. The van der Waals surface area contributed by atoms with Gasteiger partial charge in [0, 0.05) is 41.8 Å². The third kappa shape index (κ3) is 3.88. The van der Waals surface area contributed by atoms with Crippen molar-refractivity contribution in [2.75, 3.05) is 7.11 Å². The Labute approximate surface area is 160 Å². The molecule has 0 aliphatic carbocycles. The van der Waals surface area contributed by atoms with Crippen LogP contribution in [0.2, 0.25) is 0 Å². The molecule has 0 saturated carbocycles. The number of rotatable bonds is 6. The van der Waals surface area contributed by atoms with Crippen molar-refractivity contribution in [2.24, 2.45) is 0 Å². The number of non-ortho nitro benzene ring substituents is 1. The van der Waals surface area contributed by atoms with Gasteiger partial charge in [-0.3, -0.25) is 14.9 Å². The largest absolute Gasteiger partial charge is 0.496 e. The molecular weight excluding hydrogens is 368 g/mol. The maximum Gasteiger partial charge on any atom is 0.335 e. The van der Waals surface area contributed by atoms with Crippen LogP contribution in [0.3, 0.4) is 0 Å². The van der Waals surface area contributed by atoms with E-state index >= 15 is 0 Å². The van der Waals surface area contributed by atoms with Crippen LogP contribution in [0.25, 0.3) is 0 Å². The minimum absolute atomic E-state index is 0.0591. The summed E-state index contributed by atoms with van der Waals surface area (Å²) in [6.07, 6.45) is 0.827. The number of hydrogen-bond acceptors (Lipinski definition) is 6. The van der Waals surface area contributed by atoms with E-state index in [0.717, 1.165) is 35.9 Å². The zero-order valence-electron chi connectivity index (χ0n) is 15.2. The van der Waals surface area contributed by atoms with E-state index in [0.29, 0.717) is 11.3 Å². The smallest absolute Gasteiger partial charge is 0.335 e. The zero-order chi connectivity index (χ0) is 20.4. The maximum atomic E-state index is 12.5. The molecule has 0 spiro atoms. The van der Waals surface area contributed by atoms with Crippen LogP contribution < -0.4 is 14.8 Å². The Bertz CT molecular complexity index is 939. The Kier molecular flexibility index (Phi) is 5.16. The monoisotopic (exact) mass is 386 g/mol. The van der Waals surface area contributed by atoms with Gasteiger partial charge in [0.1, 0.15) is 17.6 Å². The van der Waals surface area contributed by atoms with Crippen molar-refractivity contribution in [3.8, 4) is 11.5 Å². The van der Waals surface area contributed by atoms with E-state index in [2.05, 4.69) is 5.32 Å². The molecular formula is C19H18N2O7. The molecule has 1 unspecified atom stereocenters. The number of nitro groups is 1. The summed E-state index contributed by atoms with van der Waals surface area (Å²) in [6.45, 7) is 2.04. The first kappa shape index (κ1) is 19.2. The summed E-state index contributed by atoms with van der Waals surface area (Å²) in [6, 6.07) is 6.67. The van der Waals surface area contributed by atoms with Crippen LogP contribution >= 0.6 is 0 Å². The van der Waals surface area contributed by atoms with Gasteiger partial charge in [-0.2, -0.15) is 0 Å². The topological polar surface area (TPSA) is 128 Å². The lowest BCUT2D eigenvalue weighted by Crippen LogP contribution is -2.23. The molecule has 9 nitrogen and oxygen atoms in total. The van der Waals surface area contributed by atoms with Crippen LogP contribution in [0.15, 0.2) is 30.3 Å². The molecule has 2 N–H and O–H groups in total. The number of carbonyl (C=O) groups excluding carboxylic acids is 1. The predicted octanol–water partition coefficient (Wildman–Crippen LogP) is 2.56. The lowest BCUT2D eigenvalue weighted by Gasteiger charge is -2.12. The quantitative estimate of drug-likeness (QED) is 0.577. The number of carbonyl (C=O) groups is 2.